The van der Waals surface area contributed by atoms with Gasteiger partial charge >= 0.3 is 6.18 Å². The minimum atomic E-state index is -4.31. The van der Waals surface area contributed by atoms with Crippen LogP contribution < -0.4 is 5.73 Å². The first-order valence-electron chi connectivity index (χ1n) is 5.42. The number of benzene rings is 1. The predicted molar refractivity (Wildman–Crippen MR) is 63.0 cm³/mol. The first kappa shape index (κ1) is 14.3. The summed E-state index contributed by atoms with van der Waals surface area (Å²) in [6, 6.07) is 5.13. The van der Waals surface area contributed by atoms with Gasteiger partial charge in [0.05, 0.1) is 5.56 Å². The van der Waals surface area contributed by atoms with Gasteiger partial charge in [0.15, 0.2) is 0 Å². The molecule has 1 aliphatic carbocycles. The summed E-state index contributed by atoms with van der Waals surface area (Å²) < 4.78 is 38.2. The molecule has 0 saturated heterocycles. The van der Waals surface area contributed by atoms with E-state index in [9.17, 15) is 13.2 Å². The minimum absolute atomic E-state index is 0. The average molecular weight is 266 g/mol. The maximum Gasteiger partial charge on any atom is 0.416 e. The first-order valence-corrected chi connectivity index (χ1v) is 5.42. The van der Waals surface area contributed by atoms with Gasteiger partial charge in [0.2, 0.25) is 0 Å². The van der Waals surface area contributed by atoms with Gasteiger partial charge in [0, 0.05) is 6.04 Å². The Labute approximate surface area is 105 Å². The topological polar surface area (TPSA) is 26.0 Å². The van der Waals surface area contributed by atoms with E-state index in [-0.39, 0.29) is 23.9 Å². The minimum Gasteiger partial charge on any atom is -0.324 e. The highest BCUT2D eigenvalue weighted by molar-refractivity contribution is 5.85. The van der Waals surface area contributed by atoms with Crippen LogP contribution >= 0.6 is 12.4 Å². The van der Waals surface area contributed by atoms with E-state index in [0.29, 0.717) is 0 Å². The summed E-state index contributed by atoms with van der Waals surface area (Å²) in [5, 5.41) is 0. The van der Waals surface area contributed by atoms with Crippen LogP contribution in [-0.4, -0.2) is 0 Å². The molecule has 2 N–H and O–H groups in total. The van der Waals surface area contributed by atoms with E-state index in [0.717, 1.165) is 25.3 Å². The van der Waals surface area contributed by atoms with Gasteiger partial charge < -0.3 is 5.73 Å². The number of rotatable bonds is 2. The van der Waals surface area contributed by atoms with Crippen LogP contribution in [0, 0.1) is 5.92 Å². The molecule has 0 amide bonds. The molecule has 0 spiro atoms. The van der Waals surface area contributed by atoms with Crippen LogP contribution in [0.1, 0.15) is 36.4 Å². The first-order chi connectivity index (χ1) is 7.50. The van der Waals surface area contributed by atoms with Crippen LogP contribution in [0.2, 0.25) is 0 Å². The number of hydrogen-bond acceptors (Lipinski definition) is 1. The second-order valence-corrected chi connectivity index (χ2v) is 4.30. The van der Waals surface area contributed by atoms with Crippen LogP contribution in [0.5, 0.6) is 0 Å². The molecule has 0 heterocycles. The SMILES string of the molecule is Cl.N[C@@H](c1ccccc1C(F)(F)F)C1CCC1. The lowest BCUT2D eigenvalue weighted by Gasteiger charge is -2.32. The third-order valence-electron chi connectivity index (χ3n) is 3.28. The zero-order valence-electron chi connectivity index (χ0n) is 9.20. The Hall–Kier alpha value is -0.740. The molecule has 1 aliphatic rings. The van der Waals surface area contributed by atoms with E-state index in [1.807, 2.05) is 0 Å². The van der Waals surface area contributed by atoms with Crippen molar-refractivity contribution >= 4 is 12.4 Å². The zero-order valence-corrected chi connectivity index (χ0v) is 10.0. The van der Waals surface area contributed by atoms with Crippen molar-refractivity contribution in [3.8, 4) is 0 Å². The molecule has 5 heteroatoms. The summed E-state index contributed by atoms with van der Waals surface area (Å²) in [4.78, 5) is 0. The second kappa shape index (κ2) is 5.27. The summed E-state index contributed by atoms with van der Waals surface area (Å²) in [6.07, 6.45) is -1.36. The summed E-state index contributed by atoms with van der Waals surface area (Å²) in [6.45, 7) is 0. The fourth-order valence-electron chi connectivity index (χ4n) is 2.10. The van der Waals surface area contributed by atoms with E-state index in [1.165, 1.54) is 12.1 Å². The van der Waals surface area contributed by atoms with Gasteiger partial charge in [-0.1, -0.05) is 24.6 Å². The number of nitrogens with two attached hydrogens (primary N) is 1. The highest BCUT2D eigenvalue weighted by Crippen LogP contribution is 2.41. The maximum absolute atomic E-state index is 12.7. The summed E-state index contributed by atoms with van der Waals surface area (Å²) in [5.74, 6) is 0.212. The third-order valence-corrected chi connectivity index (χ3v) is 3.28. The van der Waals surface area contributed by atoms with Gasteiger partial charge in [-0.25, -0.2) is 0 Å². The van der Waals surface area contributed by atoms with Crippen molar-refractivity contribution in [1.29, 1.82) is 0 Å². The molecule has 0 unspecified atom stereocenters. The summed E-state index contributed by atoms with van der Waals surface area (Å²) in [5.41, 5.74) is 5.55. The van der Waals surface area contributed by atoms with Crippen molar-refractivity contribution in [3.63, 3.8) is 0 Å². The zero-order chi connectivity index (χ0) is 11.8. The number of halogens is 4. The lowest BCUT2D eigenvalue weighted by molar-refractivity contribution is -0.138. The Morgan fingerprint density at radius 2 is 1.76 bits per heavy atom. The normalized spacial score (nSPS) is 18.1. The predicted octanol–water partition coefficient (Wildman–Crippen LogP) is 3.93. The molecular formula is C12H15ClF3N. The van der Waals surface area contributed by atoms with Gasteiger partial charge in [-0.3, -0.25) is 0 Å². The third kappa shape index (κ3) is 2.93. The highest BCUT2D eigenvalue weighted by Gasteiger charge is 2.36. The molecule has 17 heavy (non-hydrogen) atoms. The van der Waals surface area contributed by atoms with E-state index in [2.05, 4.69) is 0 Å². The van der Waals surface area contributed by atoms with Crippen LogP contribution in [0.25, 0.3) is 0 Å². The molecule has 96 valence electrons. The fraction of sp³-hybridized carbons (Fsp3) is 0.500. The highest BCUT2D eigenvalue weighted by atomic mass is 35.5. The molecule has 0 bridgehead atoms. The smallest absolute Gasteiger partial charge is 0.324 e. The van der Waals surface area contributed by atoms with Gasteiger partial charge in [-0.15, -0.1) is 12.4 Å². The van der Waals surface area contributed by atoms with E-state index in [1.54, 1.807) is 6.07 Å². The van der Waals surface area contributed by atoms with Crippen LogP contribution in [0.3, 0.4) is 0 Å². The van der Waals surface area contributed by atoms with Crippen molar-refractivity contribution < 1.29 is 13.2 Å². The molecule has 0 aromatic heterocycles. The van der Waals surface area contributed by atoms with Crippen LogP contribution in [-0.2, 0) is 6.18 Å². The molecule has 2 rings (SSSR count). The van der Waals surface area contributed by atoms with Crippen LogP contribution in [0.4, 0.5) is 13.2 Å². The molecule has 1 fully saturated rings. The Balaban J connectivity index is 0.00000144. The van der Waals surface area contributed by atoms with Crippen molar-refractivity contribution in [1.82, 2.24) is 0 Å². The fourth-order valence-corrected chi connectivity index (χ4v) is 2.10. The van der Waals surface area contributed by atoms with Gasteiger partial charge in [-0.05, 0) is 30.4 Å². The van der Waals surface area contributed by atoms with Crippen LogP contribution in [0.15, 0.2) is 24.3 Å². The Kier molecular flexibility index (Phi) is 4.44. The van der Waals surface area contributed by atoms with Gasteiger partial charge in [0.25, 0.3) is 0 Å². The van der Waals surface area contributed by atoms with E-state index < -0.39 is 17.8 Å². The van der Waals surface area contributed by atoms with Gasteiger partial charge in [-0.2, -0.15) is 13.2 Å². The van der Waals surface area contributed by atoms with E-state index >= 15 is 0 Å². The van der Waals surface area contributed by atoms with Crippen molar-refractivity contribution in [2.75, 3.05) is 0 Å². The molecule has 0 aliphatic heterocycles. The van der Waals surface area contributed by atoms with Gasteiger partial charge in [0.1, 0.15) is 0 Å². The largest absolute Gasteiger partial charge is 0.416 e. The maximum atomic E-state index is 12.7. The average Bonchev–Trinajstić information content (AvgIpc) is 2.13. The molecule has 1 aromatic rings. The molecule has 0 radical (unpaired) electrons. The quantitative estimate of drug-likeness (QED) is 0.862. The number of hydrogen-bond donors (Lipinski definition) is 1. The molecule has 1 aromatic carbocycles. The van der Waals surface area contributed by atoms with Crippen molar-refractivity contribution in [2.45, 2.75) is 31.5 Å². The van der Waals surface area contributed by atoms with Crippen molar-refractivity contribution in [2.24, 2.45) is 11.7 Å². The monoisotopic (exact) mass is 265 g/mol. The second-order valence-electron chi connectivity index (χ2n) is 4.30. The van der Waals surface area contributed by atoms with Crippen molar-refractivity contribution in [3.05, 3.63) is 35.4 Å². The summed E-state index contributed by atoms with van der Waals surface area (Å²) in [7, 11) is 0. The molecule has 1 atom stereocenters. The lowest BCUT2D eigenvalue weighted by atomic mass is 9.76. The lowest BCUT2D eigenvalue weighted by Crippen LogP contribution is -2.28. The summed E-state index contributed by atoms with van der Waals surface area (Å²) >= 11 is 0. The molecule has 1 nitrogen and oxygen atoms in total. The standard InChI is InChI=1S/C12H14F3N.ClH/c13-12(14,15)10-7-2-1-6-9(10)11(16)8-4-3-5-8;/h1-2,6-8,11H,3-5,16H2;1H/t11-;/m1./s1. The molecule has 1 saturated carbocycles. The Morgan fingerprint density at radius 3 is 2.24 bits per heavy atom. The number of alkyl halides is 3. The molecular weight excluding hydrogens is 251 g/mol. The Morgan fingerprint density at radius 1 is 1.18 bits per heavy atom. The Bertz CT molecular complexity index is 374. The van der Waals surface area contributed by atoms with E-state index in [4.69, 9.17) is 5.73 Å².